The first-order valence-corrected chi connectivity index (χ1v) is 8.54. The molecule has 0 radical (unpaired) electrons. The van der Waals surface area contributed by atoms with E-state index in [9.17, 15) is 4.79 Å². The van der Waals surface area contributed by atoms with Crippen molar-refractivity contribution in [2.45, 2.75) is 71.1 Å². The van der Waals surface area contributed by atoms with Gasteiger partial charge in [-0.15, -0.1) is 0 Å². The summed E-state index contributed by atoms with van der Waals surface area (Å²) in [6.45, 7) is 3.87. The number of carbonyl (C=O) groups is 1. The fourth-order valence-corrected chi connectivity index (χ4v) is 3.07. The van der Waals surface area contributed by atoms with Gasteiger partial charge in [0.1, 0.15) is 6.61 Å². The summed E-state index contributed by atoms with van der Waals surface area (Å²) in [7, 11) is 0. The smallest absolute Gasteiger partial charge is 0.161 e. The number of unbranched alkanes of at least 4 members (excludes halogenated alkanes) is 3. The monoisotopic (exact) mass is 283 g/mol. The van der Waals surface area contributed by atoms with Crippen molar-refractivity contribution in [2.24, 2.45) is 17.6 Å². The molecule has 20 heavy (non-hydrogen) atoms. The molecule has 0 aromatic heterocycles. The topological polar surface area (TPSA) is 52.3 Å². The Hall–Kier alpha value is -0.410. The van der Waals surface area contributed by atoms with E-state index in [1.54, 1.807) is 0 Å². The van der Waals surface area contributed by atoms with Crippen LogP contribution in [0.15, 0.2) is 0 Å². The van der Waals surface area contributed by atoms with Crippen molar-refractivity contribution in [3.63, 3.8) is 0 Å². The summed E-state index contributed by atoms with van der Waals surface area (Å²) in [4.78, 5) is 12.0. The molecule has 0 amide bonds. The van der Waals surface area contributed by atoms with Gasteiger partial charge >= 0.3 is 0 Å². The highest BCUT2D eigenvalue weighted by Gasteiger charge is 2.20. The first kappa shape index (κ1) is 17.6. The molecule has 0 aromatic carbocycles. The third-order valence-corrected chi connectivity index (χ3v) is 4.45. The predicted octanol–water partition coefficient (Wildman–Crippen LogP) is 3.70. The highest BCUT2D eigenvalue weighted by atomic mass is 16.5. The molecule has 1 atom stereocenters. The highest BCUT2D eigenvalue weighted by molar-refractivity contribution is 5.81. The van der Waals surface area contributed by atoms with Crippen LogP contribution in [0.5, 0.6) is 0 Å². The number of hydrogen-bond donors (Lipinski definition) is 1. The number of ketones is 1. The van der Waals surface area contributed by atoms with Gasteiger partial charge in [0.15, 0.2) is 5.78 Å². The van der Waals surface area contributed by atoms with Crippen molar-refractivity contribution < 1.29 is 9.53 Å². The molecule has 3 nitrogen and oxygen atoms in total. The largest absolute Gasteiger partial charge is 0.374 e. The maximum Gasteiger partial charge on any atom is 0.161 e. The minimum Gasteiger partial charge on any atom is -0.374 e. The van der Waals surface area contributed by atoms with E-state index >= 15 is 0 Å². The first-order chi connectivity index (χ1) is 9.74. The van der Waals surface area contributed by atoms with Gasteiger partial charge in [-0.25, -0.2) is 0 Å². The van der Waals surface area contributed by atoms with Gasteiger partial charge in [-0.1, -0.05) is 51.9 Å². The fourth-order valence-electron chi connectivity index (χ4n) is 3.07. The van der Waals surface area contributed by atoms with Crippen molar-refractivity contribution in [3.05, 3.63) is 0 Å². The van der Waals surface area contributed by atoms with Gasteiger partial charge in [0.25, 0.3) is 0 Å². The Morgan fingerprint density at radius 2 is 1.85 bits per heavy atom. The van der Waals surface area contributed by atoms with Crippen molar-refractivity contribution in [1.82, 2.24) is 0 Å². The lowest BCUT2D eigenvalue weighted by Crippen LogP contribution is -2.21. The summed E-state index contributed by atoms with van der Waals surface area (Å²) in [5.41, 5.74) is 5.44. The number of Topliss-reactive ketones (excluding diaryl/α,β-unsaturated/α-hetero) is 1. The number of hydrogen-bond acceptors (Lipinski definition) is 3. The Bertz CT molecular complexity index is 249. The van der Waals surface area contributed by atoms with E-state index in [1.807, 2.05) is 0 Å². The van der Waals surface area contributed by atoms with Crippen LogP contribution in [-0.2, 0) is 9.53 Å². The summed E-state index contributed by atoms with van der Waals surface area (Å²) < 4.78 is 5.51. The van der Waals surface area contributed by atoms with E-state index in [2.05, 4.69) is 6.92 Å². The quantitative estimate of drug-likeness (QED) is 0.588. The van der Waals surface area contributed by atoms with E-state index in [0.717, 1.165) is 38.1 Å². The van der Waals surface area contributed by atoms with E-state index in [0.29, 0.717) is 13.2 Å². The van der Waals surface area contributed by atoms with Crippen LogP contribution in [0, 0.1) is 11.8 Å². The predicted molar refractivity (Wildman–Crippen MR) is 83.7 cm³/mol. The Morgan fingerprint density at radius 3 is 2.55 bits per heavy atom. The van der Waals surface area contributed by atoms with Crippen molar-refractivity contribution >= 4 is 5.78 Å². The van der Waals surface area contributed by atoms with E-state index < -0.39 is 0 Å². The molecule has 1 fully saturated rings. The number of ether oxygens (including phenoxy) is 1. The third-order valence-electron chi connectivity index (χ3n) is 4.45. The minimum atomic E-state index is 0.176. The number of rotatable bonds is 11. The molecule has 3 heteroatoms. The Kier molecular flexibility index (Phi) is 9.94. The van der Waals surface area contributed by atoms with Gasteiger partial charge in [-0.05, 0) is 31.7 Å². The maximum absolute atomic E-state index is 12.0. The van der Waals surface area contributed by atoms with Gasteiger partial charge in [0, 0.05) is 12.5 Å². The second kappa shape index (κ2) is 11.3. The van der Waals surface area contributed by atoms with Gasteiger partial charge < -0.3 is 10.5 Å². The Balaban J connectivity index is 2.00. The second-order valence-electron chi connectivity index (χ2n) is 6.36. The van der Waals surface area contributed by atoms with E-state index in [4.69, 9.17) is 10.5 Å². The number of nitrogens with two attached hydrogens (primary N) is 1. The van der Waals surface area contributed by atoms with Crippen LogP contribution in [0.3, 0.4) is 0 Å². The van der Waals surface area contributed by atoms with Gasteiger partial charge in [-0.3, -0.25) is 4.79 Å². The molecular weight excluding hydrogens is 250 g/mol. The van der Waals surface area contributed by atoms with Crippen LogP contribution in [0.2, 0.25) is 0 Å². The van der Waals surface area contributed by atoms with Gasteiger partial charge in [0.05, 0.1) is 0 Å². The average molecular weight is 283 g/mol. The molecule has 1 rings (SSSR count). The minimum absolute atomic E-state index is 0.176. The molecule has 0 heterocycles. The molecule has 0 aromatic rings. The molecule has 2 N–H and O–H groups in total. The molecule has 0 spiro atoms. The molecule has 0 aliphatic heterocycles. The zero-order valence-electron chi connectivity index (χ0n) is 13.2. The zero-order chi connectivity index (χ0) is 14.6. The zero-order valence-corrected chi connectivity index (χ0v) is 13.2. The lowest BCUT2D eigenvalue weighted by Gasteiger charge is -2.24. The fraction of sp³-hybridized carbons (Fsp3) is 0.941. The van der Waals surface area contributed by atoms with Crippen LogP contribution < -0.4 is 5.73 Å². The first-order valence-electron chi connectivity index (χ1n) is 8.54. The van der Waals surface area contributed by atoms with Crippen molar-refractivity contribution in [2.75, 3.05) is 19.8 Å². The van der Waals surface area contributed by atoms with Crippen molar-refractivity contribution in [3.8, 4) is 0 Å². The molecule has 1 aliphatic rings. The highest BCUT2D eigenvalue weighted by Crippen LogP contribution is 2.29. The van der Waals surface area contributed by atoms with Crippen LogP contribution >= 0.6 is 0 Å². The van der Waals surface area contributed by atoms with E-state index in [1.165, 1.54) is 38.5 Å². The van der Waals surface area contributed by atoms with Gasteiger partial charge in [-0.2, -0.15) is 0 Å². The molecule has 0 saturated heterocycles. The van der Waals surface area contributed by atoms with Crippen molar-refractivity contribution in [1.29, 1.82) is 0 Å². The molecule has 118 valence electrons. The number of carbonyl (C=O) groups excluding carboxylic acids is 1. The Labute approximate surface area is 124 Å². The average Bonchev–Trinajstić information content (AvgIpc) is 2.47. The summed E-state index contributed by atoms with van der Waals surface area (Å²) >= 11 is 0. The lowest BCUT2D eigenvalue weighted by molar-refractivity contribution is -0.127. The Morgan fingerprint density at radius 1 is 1.15 bits per heavy atom. The maximum atomic E-state index is 12.0. The summed E-state index contributed by atoms with van der Waals surface area (Å²) in [6, 6.07) is 0. The molecule has 0 unspecified atom stereocenters. The van der Waals surface area contributed by atoms with Gasteiger partial charge in [0.2, 0.25) is 0 Å². The summed E-state index contributed by atoms with van der Waals surface area (Å²) in [5, 5.41) is 0. The molecule has 0 bridgehead atoms. The van der Waals surface area contributed by atoms with Crippen LogP contribution in [0.25, 0.3) is 0 Å². The molecular formula is C17H33NO2. The normalized spacial score (nSPS) is 18.1. The molecule has 1 aliphatic carbocycles. The third kappa shape index (κ3) is 8.01. The molecule has 1 saturated carbocycles. The SMILES string of the molecule is C[C@H](CC1CCCCC1)C(=O)COCCCCCCN. The van der Waals surface area contributed by atoms with Crippen LogP contribution in [-0.4, -0.2) is 25.5 Å². The van der Waals surface area contributed by atoms with E-state index in [-0.39, 0.29) is 11.7 Å². The standard InChI is InChI=1S/C17H33NO2/c1-15(13-16-9-5-4-6-10-16)17(19)14-20-12-8-3-2-7-11-18/h15-16H,2-14,18H2,1H3/t15-/m1/s1. The van der Waals surface area contributed by atoms with Crippen LogP contribution in [0.4, 0.5) is 0 Å². The second-order valence-corrected chi connectivity index (χ2v) is 6.36. The summed E-state index contributed by atoms with van der Waals surface area (Å²) in [6.07, 6.45) is 12.3. The summed E-state index contributed by atoms with van der Waals surface area (Å²) in [5.74, 6) is 1.24. The lowest BCUT2D eigenvalue weighted by atomic mass is 9.82. The van der Waals surface area contributed by atoms with Crippen LogP contribution in [0.1, 0.15) is 71.1 Å².